The lowest BCUT2D eigenvalue weighted by atomic mass is 10.0. The van der Waals surface area contributed by atoms with Crippen LogP contribution in [0.4, 0.5) is 14.5 Å². The lowest BCUT2D eigenvalue weighted by Crippen LogP contribution is -2.16. The van der Waals surface area contributed by atoms with Gasteiger partial charge < -0.3 is 20.8 Å². The number of rotatable bonds is 8. The van der Waals surface area contributed by atoms with E-state index in [1.165, 1.54) is 36.8 Å². The number of carbonyl (C=O) groups excluding carboxylic acids is 1. The van der Waals surface area contributed by atoms with Crippen molar-refractivity contribution in [2.75, 3.05) is 12.4 Å². The summed E-state index contributed by atoms with van der Waals surface area (Å²) in [5, 5.41) is 13.2. The number of carbonyl (C=O) groups is 1. The van der Waals surface area contributed by atoms with E-state index >= 15 is 0 Å². The number of pyridine rings is 1. The molecule has 3 N–H and O–H groups in total. The van der Waals surface area contributed by atoms with Gasteiger partial charge in [-0.05, 0) is 30.3 Å². The third-order valence-corrected chi connectivity index (χ3v) is 4.17. The molecule has 0 aliphatic heterocycles. The SMILES string of the molecule is CN/C=C(\C=N)c1ncc(C(=O)Nc2ccc(OC(F)(F)Cl)cc2)cc1-c1cncnc1. The number of allylic oxidation sites excluding steroid dienone is 1. The van der Waals surface area contributed by atoms with Crippen LogP contribution in [-0.4, -0.2) is 39.7 Å². The number of benzene rings is 1. The van der Waals surface area contributed by atoms with Gasteiger partial charge in [0.15, 0.2) is 0 Å². The number of anilines is 1. The first-order valence-electron chi connectivity index (χ1n) is 9.11. The normalized spacial score (nSPS) is 11.6. The summed E-state index contributed by atoms with van der Waals surface area (Å²) >= 11 is 4.74. The summed E-state index contributed by atoms with van der Waals surface area (Å²) in [5.74, 6) is -0.636. The Morgan fingerprint density at radius 1 is 1.19 bits per heavy atom. The molecule has 1 aromatic carbocycles. The van der Waals surface area contributed by atoms with Crippen molar-refractivity contribution in [2.24, 2.45) is 0 Å². The van der Waals surface area contributed by atoms with Gasteiger partial charge in [-0.3, -0.25) is 9.78 Å². The molecule has 0 saturated heterocycles. The maximum atomic E-state index is 12.8. The number of aromatic nitrogens is 3. The maximum absolute atomic E-state index is 12.8. The van der Waals surface area contributed by atoms with E-state index in [1.54, 1.807) is 31.7 Å². The van der Waals surface area contributed by atoms with Gasteiger partial charge in [-0.1, -0.05) is 0 Å². The van der Waals surface area contributed by atoms with E-state index < -0.39 is 11.5 Å². The monoisotopic (exact) mass is 458 g/mol. The first kappa shape index (κ1) is 22.8. The van der Waals surface area contributed by atoms with E-state index in [1.807, 2.05) is 0 Å². The lowest BCUT2D eigenvalue weighted by Gasteiger charge is -2.13. The molecule has 11 heteroatoms. The first-order valence-corrected chi connectivity index (χ1v) is 9.49. The molecule has 2 aromatic heterocycles. The van der Waals surface area contributed by atoms with E-state index in [9.17, 15) is 13.6 Å². The molecule has 32 heavy (non-hydrogen) atoms. The maximum Gasteiger partial charge on any atom is 0.487 e. The molecule has 0 radical (unpaired) electrons. The summed E-state index contributed by atoms with van der Waals surface area (Å²) in [5.41, 5.74) is -1.13. The second-order valence-electron chi connectivity index (χ2n) is 6.31. The van der Waals surface area contributed by atoms with Crippen LogP contribution in [0.1, 0.15) is 16.1 Å². The van der Waals surface area contributed by atoms with Gasteiger partial charge >= 0.3 is 5.57 Å². The predicted octanol–water partition coefficient (Wildman–Crippen LogP) is 4.17. The second kappa shape index (κ2) is 9.92. The van der Waals surface area contributed by atoms with Crippen molar-refractivity contribution in [1.82, 2.24) is 20.3 Å². The average Bonchev–Trinajstić information content (AvgIpc) is 2.78. The number of halogens is 3. The quantitative estimate of drug-likeness (QED) is 0.345. The van der Waals surface area contributed by atoms with Crippen LogP contribution in [-0.2, 0) is 0 Å². The van der Waals surface area contributed by atoms with Gasteiger partial charge in [0.2, 0.25) is 0 Å². The summed E-state index contributed by atoms with van der Waals surface area (Å²) in [6, 6.07) is 6.89. The van der Waals surface area contributed by atoms with E-state index in [4.69, 9.17) is 17.0 Å². The standard InChI is InChI=1S/C21H17ClF2N6O2/c1-26-8-14(7-25)19-18(15-9-27-12-28-10-15)6-13(11-29-19)20(31)30-16-2-4-17(5-3-16)32-21(22,23)24/h2-12,25-26H,1H3,(H,30,31)/b14-8+,25-7?. The zero-order valence-electron chi connectivity index (χ0n) is 16.6. The molecular weight excluding hydrogens is 442 g/mol. The molecule has 164 valence electrons. The highest BCUT2D eigenvalue weighted by atomic mass is 35.5. The Balaban J connectivity index is 1.90. The van der Waals surface area contributed by atoms with Crippen molar-refractivity contribution in [2.45, 2.75) is 5.57 Å². The molecule has 0 aliphatic rings. The Morgan fingerprint density at radius 2 is 1.88 bits per heavy atom. The van der Waals surface area contributed by atoms with Crippen LogP contribution in [0.3, 0.4) is 0 Å². The van der Waals surface area contributed by atoms with Gasteiger partial charge in [0.05, 0.1) is 11.3 Å². The minimum absolute atomic E-state index is 0.157. The smallest absolute Gasteiger partial charge is 0.420 e. The van der Waals surface area contributed by atoms with Crippen LogP contribution in [0.25, 0.3) is 16.7 Å². The summed E-state index contributed by atoms with van der Waals surface area (Å²) in [4.78, 5) is 25.1. The minimum Gasteiger partial charge on any atom is -0.420 e. The molecule has 0 saturated carbocycles. The zero-order chi connectivity index (χ0) is 23.1. The van der Waals surface area contributed by atoms with Crippen LogP contribution in [0.5, 0.6) is 5.75 Å². The number of nitrogens with zero attached hydrogens (tertiary/aromatic N) is 3. The molecule has 0 spiro atoms. The van der Waals surface area contributed by atoms with Crippen molar-refractivity contribution in [3.8, 4) is 16.9 Å². The lowest BCUT2D eigenvalue weighted by molar-refractivity contribution is -0.0964. The molecule has 0 fully saturated rings. The molecule has 0 unspecified atom stereocenters. The van der Waals surface area contributed by atoms with Gasteiger partial charge in [-0.15, -0.1) is 8.78 Å². The summed E-state index contributed by atoms with van der Waals surface area (Å²) < 4.78 is 29.7. The Bertz CT molecular complexity index is 1140. The van der Waals surface area contributed by atoms with E-state index in [-0.39, 0.29) is 11.3 Å². The molecule has 2 heterocycles. The van der Waals surface area contributed by atoms with Gasteiger partial charge in [0.1, 0.15) is 12.1 Å². The van der Waals surface area contributed by atoms with Crippen LogP contribution in [0.15, 0.2) is 61.4 Å². The van der Waals surface area contributed by atoms with Crippen molar-refractivity contribution in [3.05, 3.63) is 72.7 Å². The van der Waals surface area contributed by atoms with Crippen LogP contribution in [0, 0.1) is 5.41 Å². The topological polar surface area (TPSA) is 113 Å². The third kappa shape index (κ3) is 5.82. The highest BCUT2D eigenvalue weighted by Gasteiger charge is 2.27. The number of hydrogen-bond donors (Lipinski definition) is 3. The molecule has 8 nitrogen and oxygen atoms in total. The van der Waals surface area contributed by atoms with Gasteiger partial charge in [0.25, 0.3) is 5.91 Å². The molecular formula is C21H17ClF2N6O2. The molecule has 0 atom stereocenters. The molecule has 0 aliphatic carbocycles. The number of ether oxygens (including phenoxy) is 1. The zero-order valence-corrected chi connectivity index (χ0v) is 17.4. The molecule has 3 rings (SSSR count). The Morgan fingerprint density at radius 3 is 2.47 bits per heavy atom. The predicted molar refractivity (Wildman–Crippen MR) is 117 cm³/mol. The third-order valence-electron chi connectivity index (χ3n) is 4.10. The fourth-order valence-corrected chi connectivity index (χ4v) is 2.84. The summed E-state index contributed by atoms with van der Waals surface area (Å²) in [6.07, 6.45) is 8.64. The van der Waals surface area contributed by atoms with Crippen molar-refractivity contribution >= 4 is 35.0 Å². The van der Waals surface area contributed by atoms with Gasteiger partial charge in [0, 0.05) is 72.0 Å². The minimum atomic E-state index is -3.83. The fourth-order valence-electron chi connectivity index (χ4n) is 2.75. The number of alkyl halides is 3. The molecule has 1 amide bonds. The van der Waals surface area contributed by atoms with E-state index in [0.29, 0.717) is 28.1 Å². The van der Waals surface area contributed by atoms with Crippen LogP contribution >= 0.6 is 11.6 Å². The Hall–Kier alpha value is -3.92. The molecule has 3 aromatic rings. The highest BCUT2D eigenvalue weighted by molar-refractivity contribution is 6.20. The number of nitrogens with one attached hydrogen (secondary N) is 3. The largest absolute Gasteiger partial charge is 0.487 e. The molecule has 0 bridgehead atoms. The van der Waals surface area contributed by atoms with Crippen LogP contribution in [0.2, 0.25) is 0 Å². The highest BCUT2D eigenvalue weighted by Crippen LogP contribution is 2.28. The van der Waals surface area contributed by atoms with E-state index in [2.05, 4.69) is 30.3 Å². The van der Waals surface area contributed by atoms with Crippen molar-refractivity contribution in [3.63, 3.8) is 0 Å². The van der Waals surface area contributed by atoms with Crippen molar-refractivity contribution < 1.29 is 18.3 Å². The van der Waals surface area contributed by atoms with E-state index in [0.717, 1.165) is 6.21 Å². The van der Waals surface area contributed by atoms with Gasteiger partial charge in [-0.25, -0.2) is 9.97 Å². The number of amides is 1. The number of hydrogen-bond acceptors (Lipinski definition) is 7. The summed E-state index contributed by atoms with van der Waals surface area (Å²) in [7, 11) is 1.70. The first-order chi connectivity index (χ1) is 15.3. The average molecular weight is 459 g/mol. The van der Waals surface area contributed by atoms with Crippen LogP contribution < -0.4 is 15.4 Å². The second-order valence-corrected chi connectivity index (χ2v) is 6.75. The summed E-state index contributed by atoms with van der Waals surface area (Å²) in [6.45, 7) is 0. The Labute approximate surface area is 186 Å². The Kier molecular flexibility index (Phi) is 7.06. The van der Waals surface area contributed by atoms with Gasteiger partial charge in [-0.2, -0.15) is 0 Å². The fraction of sp³-hybridized carbons (Fsp3) is 0.0952. The van der Waals surface area contributed by atoms with Crippen molar-refractivity contribution in [1.29, 1.82) is 5.41 Å².